The summed E-state index contributed by atoms with van der Waals surface area (Å²) in [6.07, 6.45) is -1.69. The minimum atomic E-state index is -4.41. The van der Waals surface area contributed by atoms with E-state index in [-0.39, 0.29) is 11.9 Å². The van der Waals surface area contributed by atoms with Crippen LogP contribution in [-0.4, -0.2) is 17.6 Å². The molecule has 0 aliphatic rings. The van der Waals surface area contributed by atoms with Crippen LogP contribution in [0.1, 0.15) is 45.6 Å². The van der Waals surface area contributed by atoms with Crippen LogP contribution in [0.15, 0.2) is 12.1 Å². The van der Waals surface area contributed by atoms with Crippen molar-refractivity contribution in [3.05, 3.63) is 17.7 Å². The van der Waals surface area contributed by atoms with E-state index >= 15 is 0 Å². The lowest BCUT2D eigenvalue weighted by Crippen LogP contribution is -2.34. The first-order valence-corrected chi connectivity index (χ1v) is 6.91. The first kappa shape index (κ1) is 16.6. The third kappa shape index (κ3) is 4.28. The molecule has 0 aromatic carbocycles. The lowest BCUT2D eigenvalue weighted by atomic mass is 10.1. The van der Waals surface area contributed by atoms with Gasteiger partial charge in [-0.1, -0.05) is 20.3 Å². The summed E-state index contributed by atoms with van der Waals surface area (Å²) >= 11 is 0. The molecule has 0 amide bonds. The molecular formula is C14H22F3N3. The average molecular weight is 289 g/mol. The first-order chi connectivity index (χ1) is 9.29. The zero-order valence-electron chi connectivity index (χ0n) is 12.2. The molecule has 0 saturated heterocycles. The number of hydrogen-bond donors (Lipinski definition) is 1. The molecule has 0 aliphatic carbocycles. The number of rotatable bonds is 6. The van der Waals surface area contributed by atoms with Crippen molar-refractivity contribution in [3.63, 3.8) is 0 Å². The van der Waals surface area contributed by atoms with Gasteiger partial charge in [0.1, 0.15) is 11.6 Å². The van der Waals surface area contributed by atoms with Crippen LogP contribution in [0.4, 0.5) is 24.8 Å². The van der Waals surface area contributed by atoms with E-state index < -0.39 is 11.7 Å². The predicted octanol–water partition coefficient (Wildman–Crippen LogP) is 4.09. The molecule has 114 valence electrons. The van der Waals surface area contributed by atoms with Gasteiger partial charge in [0.2, 0.25) is 0 Å². The zero-order chi connectivity index (χ0) is 15.3. The van der Waals surface area contributed by atoms with Crippen molar-refractivity contribution >= 4 is 11.6 Å². The largest absolute Gasteiger partial charge is 0.416 e. The second-order valence-corrected chi connectivity index (χ2v) is 4.94. The molecule has 3 nitrogen and oxygen atoms in total. The Morgan fingerprint density at radius 3 is 2.45 bits per heavy atom. The quantitative estimate of drug-likeness (QED) is 0.857. The maximum atomic E-state index is 12.8. The van der Waals surface area contributed by atoms with Gasteiger partial charge in [-0.25, -0.2) is 4.98 Å². The van der Waals surface area contributed by atoms with Crippen molar-refractivity contribution in [3.8, 4) is 0 Å². The van der Waals surface area contributed by atoms with E-state index in [9.17, 15) is 13.2 Å². The average Bonchev–Trinajstić information content (AvgIpc) is 2.37. The minimum absolute atomic E-state index is 0.0976. The Labute approximate surface area is 118 Å². The molecule has 0 fully saturated rings. The Hall–Kier alpha value is -1.46. The molecule has 1 unspecified atom stereocenters. The fourth-order valence-electron chi connectivity index (χ4n) is 1.96. The molecule has 1 aromatic rings. The molecule has 0 aliphatic heterocycles. The molecular weight excluding hydrogens is 267 g/mol. The van der Waals surface area contributed by atoms with Gasteiger partial charge in [0, 0.05) is 12.6 Å². The Morgan fingerprint density at radius 2 is 1.95 bits per heavy atom. The van der Waals surface area contributed by atoms with Crippen LogP contribution in [0.5, 0.6) is 0 Å². The Kier molecular flexibility index (Phi) is 5.65. The number of halogens is 3. The van der Waals surface area contributed by atoms with E-state index in [0.29, 0.717) is 12.4 Å². The smallest absolute Gasteiger partial charge is 0.384 e. The second-order valence-electron chi connectivity index (χ2n) is 4.94. The SMILES string of the molecule is CCCCN(c1cc(C(F)(F)F)cc(N)n1)C(C)CC. The van der Waals surface area contributed by atoms with Crippen molar-refractivity contribution in [1.29, 1.82) is 0 Å². The number of alkyl halides is 3. The minimum Gasteiger partial charge on any atom is -0.384 e. The monoisotopic (exact) mass is 289 g/mol. The van der Waals surface area contributed by atoms with Gasteiger partial charge in [-0.3, -0.25) is 0 Å². The molecule has 6 heteroatoms. The molecule has 0 saturated carbocycles. The lowest BCUT2D eigenvalue weighted by molar-refractivity contribution is -0.137. The number of nitrogen functional groups attached to an aromatic ring is 1. The van der Waals surface area contributed by atoms with Crippen LogP contribution >= 0.6 is 0 Å². The fraction of sp³-hybridized carbons (Fsp3) is 0.643. The molecule has 0 radical (unpaired) electrons. The normalized spacial score (nSPS) is 13.3. The van der Waals surface area contributed by atoms with Crippen LogP contribution < -0.4 is 10.6 Å². The molecule has 1 rings (SSSR count). The maximum Gasteiger partial charge on any atom is 0.416 e. The van der Waals surface area contributed by atoms with E-state index in [2.05, 4.69) is 4.98 Å². The summed E-state index contributed by atoms with van der Waals surface area (Å²) in [5.41, 5.74) is 4.78. The van der Waals surface area contributed by atoms with E-state index in [0.717, 1.165) is 31.4 Å². The number of nitrogens with two attached hydrogens (primary N) is 1. The van der Waals surface area contributed by atoms with Crippen molar-refractivity contribution in [2.24, 2.45) is 0 Å². The highest BCUT2D eigenvalue weighted by Crippen LogP contribution is 2.32. The van der Waals surface area contributed by atoms with Crippen molar-refractivity contribution in [2.45, 2.75) is 52.3 Å². The maximum absolute atomic E-state index is 12.8. The highest BCUT2D eigenvalue weighted by molar-refractivity contribution is 5.50. The molecule has 1 atom stereocenters. The van der Waals surface area contributed by atoms with Crippen LogP contribution in [0, 0.1) is 0 Å². The molecule has 0 bridgehead atoms. The third-order valence-electron chi connectivity index (χ3n) is 3.33. The highest BCUT2D eigenvalue weighted by atomic mass is 19.4. The van der Waals surface area contributed by atoms with Crippen LogP contribution in [0.2, 0.25) is 0 Å². The lowest BCUT2D eigenvalue weighted by Gasteiger charge is -2.30. The summed E-state index contributed by atoms with van der Waals surface area (Å²) in [6.45, 7) is 6.70. The van der Waals surface area contributed by atoms with Crippen molar-refractivity contribution in [2.75, 3.05) is 17.2 Å². The zero-order valence-corrected chi connectivity index (χ0v) is 12.2. The number of pyridine rings is 1. The number of aromatic nitrogens is 1. The van der Waals surface area contributed by atoms with E-state index in [1.54, 1.807) is 0 Å². The van der Waals surface area contributed by atoms with Gasteiger partial charge in [-0.15, -0.1) is 0 Å². The van der Waals surface area contributed by atoms with Crippen molar-refractivity contribution < 1.29 is 13.2 Å². The molecule has 1 aromatic heterocycles. The molecule has 1 heterocycles. The Bertz CT molecular complexity index is 432. The second kappa shape index (κ2) is 6.81. The molecule has 2 N–H and O–H groups in total. The number of hydrogen-bond acceptors (Lipinski definition) is 3. The number of anilines is 2. The van der Waals surface area contributed by atoms with Gasteiger partial charge in [0.15, 0.2) is 0 Å². The van der Waals surface area contributed by atoms with Gasteiger partial charge in [-0.2, -0.15) is 13.2 Å². The van der Waals surface area contributed by atoms with Gasteiger partial charge >= 0.3 is 6.18 Å². The van der Waals surface area contributed by atoms with Gasteiger partial charge in [0.25, 0.3) is 0 Å². The summed E-state index contributed by atoms with van der Waals surface area (Å²) in [5, 5.41) is 0. The fourth-order valence-corrected chi connectivity index (χ4v) is 1.96. The predicted molar refractivity (Wildman–Crippen MR) is 75.7 cm³/mol. The number of nitrogens with zero attached hydrogens (tertiary/aromatic N) is 2. The number of unbranched alkanes of at least 4 members (excludes halogenated alkanes) is 1. The summed E-state index contributed by atoms with van der Waals surface area (Å²) < 4.78 is 38.5. The topological polar surface area (TPSA) is 42.1 Å². The van der Waals surface area contributed by atoms with Crippen LogP contribution in [0.25, 0.3) is 0 Å². The summed E-state index contributed by atoms with van der Waals surface area (Å²) in [4.78, 5) is 5.97. The summed E-state index contributed by atoms with van der Waals surface area (Å²) in [7, 11) is 0. The third-order valence-corrected chi connectivity index (χ3v) is 3.33. The van der Waals surface area contributed by atoms with Crippen molar-refractivity contribution in [1.82, 2.24) is 4.98 Å². The standard InChI is InChI=1S/C14H22F3N3/c1-4-6-7-20(10(3)5-2)13-9-11(14(15,16)17)8-12(18)19-13/h8-10H,4-7H2,1-3H3,(H2,18,19). The van der Waals surface area contributed by atoms with E-state index in [1.807, 2.05) is 25.7 Å². The van der Waals surface area contributed by atoms with E-state index in [4.69, 9.17) is 5.73 Å². The van der Waals surface area contributed by atoms with Gasteiger partial charge in [0.05, 0.1) is 5.56 Å². The summed E-state index contributed by atoms with van der Waals surface area (Å²) in [6, 6.07) is 2.08. The van der Waals surface area contributed by atoms with Gasteiger partial charge in [-0.05, 0) is 31.9 Å². The molecule has 0 spiro atoms. The Morgan fingerprint density at radius 1 is 1.30 bits per heavy atom. The summed E-state index contributed by atoms with van der Waals surface area (Å²) in [5.74, 6) is 0.208. The van der Waals surface area contributed by atoms with Crippen LogP contribution in [0.3, 0.4) is 0 Å². The first-order valence-electron chi connectivity index (χ1n) is 6.91. The highest BCUT2D eigenvalue weighted by Gasteiger charge is 2.32. The van der Waals surface area contributed by atoms with Gasteiger partial charge < -0.3 is 10.6 Å². The Balaban J connectivity index is 3.15. The van der Waals surface area contributed by atoms with E-state index in [1.165, 1.54) is 0 Å². The van der Waals surface area contributed by atoms with Crippen LogP contribution in [-0.2, 0) is 6.18 Å². The molecule has 20 heavy (non-hydrogen) atoms.